The highest BCUT2D eigenvalue weighted by molar-refractivity contribution is 5.70. The van der Waals surface area contributed by atoms with E-state index in [1.54, 1.807) is 36.4 Å². The van der Waals surface area contributed by atoms with Crippen LogP contribution in [0.1, 0.15) is 37.8 Å². The highest BCUT2D eigenvalue weighted by Crippen LogP contribution is 2.38. The Balaban J connectivity index is 1.31. The lowest BCUT2D eigenvalue weighted by molar-refractivity contribution is -0.384. The molecule has 0 atom stereocenters. The first kappa shape index (κ1) is 31.7. The Morgan fingerprint density at radius 2 is 1.39 bits per heavy atom. The minimum absolute atomic E-state index is 0.0366. The molecule has 0 aliphatic rings. The number of hydrogen-bond donors (Lipinski definition) is 3. The summed E-state index contributed by atoms with van der Waals surface area (Å²) in [5.74, 6) is 0.0451. The van der Waals surface area contributed by atoms with Crippen LogP contribution in [0.2, 0.25) is 0 Å². The quantitative estimate of drug-likeness (QED) is 0.0833. The minimum Gasteiger partial charge on any atom is -0.508 e. The third kappa shape index (κ3) is 7.97. The minimum atomic E-state index is -0.530. The Labute approximate surface area is 257 Å². The van der Waals surface area contributed by atoms with Crippen molar-refractivity contribution in [1.82, 2.24) is 0 Å². The summed E-state index contributed by atoms with van der Waals surface area (Å²) in [6.45, 7) is 5.59. The third-order valence-corrected chi connectivity index (χ3v) is 7.82. The Morgan fingerprint density at radius 3 is 1.89 bits per heavy atom. The summed E-state index contributed by atoms with van der Waals surface area (Å²) in [5.41, 5.74) is 7.22. The van der Waals surface area contributed by atoms with Gasteiger partial charge in [0.1, 0.15) is 18.1 Å². The second kappa shape index (κ2) is 14.3. The van der Waals surface area contributed by atoms with Crippen molar-refractivity contribution in [2.45, 2.75) is 32.1 Å². The van der Waals surface area contributed by atoms with Crippen molar-refractivity contribution in [2.75, 3.05) is 42.1 Å². The van der Waals surface area contributed by atoms with Crippen molar-refractivity contribution >= 4 is 28.7 Å². The first-order valence-electron chi connectivity index (χ1n) is 14.4. The number of nitrogens with zero attached hydrogens (tertiary/aromatic N) is 3. The van der Waals surface area contributed by atoms with E-state index >= 15 is 0 Å². The normalized spacial score (nSPS) is 11.1. The number of phenolic OH excluding ortho intramolecular Hbond substituents is 2. The molecule has 0 radical (unpaired) electrons. The predicted molar refractivity (Wildman–Crippen MR) is 172 cm³/mol. The fourth-order valence-corrected chi connectivity index (χ4v) is 5.08. The number of esters is 1. The van der Waals surface area contributed by atoms with E-state index in [0.717, 1.165) is 34.7 Å². The molecule has 4 aromatic carbocycles. The average Bonchev–Trinajstić information content (AvgIpc) is 3.03. The van der Waals surface area contributed by atoms with Crippen LogP contribution in [0.5, 0.6) is 11.5 Å². The number of ether oxygens (including phenoxy) is 1. The third-order valence-electron chi connectivity index (χ3n) is 7.82. The summed E-state index contributed by atoms with van der Waals surface area (Å²) in [4.78, 5) is 25.4. The Hall–Kier alpha value is -5.25. The van der Waals surface area contributed by atoms with Gasteiger partial charge in [-0.3, -0.25) is 25.3 Å². The zero-order valence-corrected chi connectivity index (χ0v) is 25.1. The van der Waals surface area contributed by atoms with E-state index in [-0.39, 0.29) is 36.2 Å². The SMILES string of the molecule is CCN(CCOC(=O)CCC(C)(c1ccc(O)cc1)c1ccc(O)cc1)c1ccc(N(C)Nc2ccc([N+](=O)[O-])cc2)cc1. The van der Waals surface area contributed by atoms with Gasteiger partial charge in [0, 0.05) is 43.2 Å². The van der Waals surface area contributed by atoms with E-state index in [1.807, 2.05) is 74.4 Å². The second-order valence-electron chi connectivity index (χ2n) is 10.7. The molecule has 0 amide bonds. The fourth-order valence-electron chi connectivity index (χ4n) is 5.08. The molecule has 0 aliphatic carbocycles. The number of rotatable bonds is 14. The smallest absolute Gasteiger partial charge is 0.305 e. The Morgan fingerprint density at radius 1 is 0.864 bits per heavy atom. The van der Waals surface area contributed by atoms with Gasteiger partial charge in [-0.1, -0.05) is 31.2 Å². The summed E-state index contributed by atoms with van der Waals surface area (Å²) >= 11 is 0. The van der Waals surface area contributed by atoms with Crippen molar-refractivity contribution < 1.29 is 24.7 Å². The zero-order chi connectivity index (χ0) is 31.7. The predicted octanol–water partition coefficient (Wildman–Crippen LogP) is 6.63. The monoisotopic (exact) mass is 598 g/mol. The number of likely N-dealkylation sites (N-methyl/N-ethyl adjacent to an activating group) is 1. The molecule has 3 N–H and O–H groups in total. The molecule has 0 aromatic heterocycles. The highest BCUT2D eigenvalue weighted by atomic mass is 16.6. The number of benzene rings is 4. The molecule has 10 nitrogen and oxygen atoms in total. The lowest BCUT2D eigenvalue weighted by Gasteiger charge is -2.31. The molecule has 0 spiro atoms. The molecule has 0 saturated carbocycles. The van der Waals surface area contributed by atoms with Gasteiger partial charge in [0.05, 0.1) is 22.8 Å². The molecule has 230 valence electrons. The lowest BCUT2D eigenvalue weighted by atomic mass is 9.73. The number of non-ortho nitro benzene ring substituents is 1. The van der Waals surface area contributed by atoms with Gasteiger partial charge < -0.3 is 19.8 Å². The van der Waals surface area contributed by atoms with Crippen LogP contribution in [0, 0.1) is 10.1 Å². The van der Waals surface area contributed by atoms with Gasteiger partial charge in [0.15, 0.2) is 0 Å². The lowest BCUT2D eigenvalue weighted by Crippen LogP contribution is -2.29. The molecule has 0 bridgehead atoms. The summed E-state index contributed by atoms with van der Waals surface area (Å²) in [5, 5.41) is 32.3. The number of hydrazine groups is 1. The number of carbonyl (C=O) groups is 1. The van der Waals surface area contributed by atoms with E-state index in [0.29, 0.717) is 13.0 Å². The van der Waals surface area contributed by atoms with Crippen LogP contribution < -0.4 is 15.3 Å². The van der Waals surface area contributed by atoms with Gasteiger partial charge in [-0.05, 0) is 85.1 Å². The van der Waals surface area contributed by atoms with Crippen LogP contribution in [-0.2, 0) is 14.9 Å². The van der Waals surface area contributed by atoms with Crippen LogP contribution in [-0.4, -0.2) is 47.8 Å². The number of phenols is 2. The Bertz CT molecular complexity index is 1480. The van der Waals surface area contributed by atoms with Crippen LogP contribution in [0.3, 0.4) is 0 Å². The molecule has 0 unspecified atom stereocenters. The molecule has 0 heterocycles. The Kier molecular flexibility index (Phi) is 10.3. The van der Waals surface area contributed by atoms with E-state index in [1.165, 1.54) is 12.1 Å². The number of aromatic hydroxyl groups is 2. The molecule has 4 aromatic rings. The van der Waals surface area contributed by atoms with Gasteiger partial charge in [-0.25, -0.2) is 0 Å². The zero-order valence-electron chi connectivity index (χ0n) is 25.1. The average molecular weight is 599 g/mol. The highest BCUT2D eigenvalue weighted by Gasteiger charge is 2.30. The topological polar surface area (TPSA) is 128 Å². The summed E-state index contributed by atoms with van der Waals surface area (Å²) in [6, 6.07) is 28.1. The maximum Gasteiger partial charge on any atom is 0.305 e. The largest absolute Gasteiger partial charge is 0.508 e. The number of nitrogens with one attached hydrogen (secondary N) is 1. The van der Waals surface area contributed by atoms with Crippen LogP contribution in [0.25, 0.3) is 0 Å². The van der Waals surface area contributed by atoms with E-state index < -0.39 is 10.3 Å². The van der Waals surface area contributed by atoms with Gasteiger partial charge in [-0.2, -0.15) is 0 Å². The molecular weight excluding hydrogens is 560 g/mol. The van der Waals surface area contributed by atoms with Gasteiger partial charge >= 0.3 is 5.97 Å². The molecule has 0 fully saturated rings. The van der Waals surface area contributed by atoms with Crippen LogP contribution >= 0.6 is 0 Å². The summed E-state index contributed by atoms with van der Waals surface area (Å²) in [7, 11) is 1.86. The van der Waals surface area contributed by atoms with Gasteiger partial charge in [0.25, 0.3) is 5.69 Å². The van der Waals surface area contributed by atoms with Crippen LogP contribution in [0.4, 0.5) is 22.7 Å². The van der Waals surface area contributed by atoms with E-state index in [4.69, 9.17) is 4.74 Å². The molecule has 10 heteroatoms. The number of nitro benzene ring substituents is 1. The van der Waals surface area contributed by atoms with Crippen molar-refractivity contribution in [2.24, 2.45) is 0 Å². The van der Waals surface area contributed by atoms with Gasteiger partial charge in [0.2, 0.25) is 0 Å². The molecule has 4 rings (SSSR count). The first-order valence-corrected chi connectivity index (χ1v) is 14.4. The van der Waals surface area contributed by atoms with Crippen molar-refractivity contribution in [3.63, 3.8) is 0 Å². The van der Waals surface area contributed by atoms with Crippen LogP contribution in [0.15, 0.2) is 97.1 Å². The number of carbonyl (C=O) groups excluding carboxylic acids is 1. The summed E-state index contributed by atoms with van der Waals surface area (Å²) < 4.78 is 5.63. The maximum atomic E-state index is 12.8. The number of nitro groups is 1. The fraction of sp³-hybridized carbons (Fsp3) is 0.265. The van der Waals surface area contributed by atoms with Crippen molar-refractivity contribution in [3.8, 4) is 11.5 Å². The van der Waals surface area contributed by atoms with Crippen molar-refractivity contribution in [3.05, 3.63) is 118 Å². The molecule has 0 saturated heterocycles. The molecular formula is C34H38N4O6. The summed E-state index contributed by atoms with van der Waals surface area (Å²) in [6.07, 6.45) is 0.689. The maximum absolute atomic E-state index is 12.8. The number of anilines is 3. The molecule has 0 aliphatic heterocycles. The van der Waals surface area contributed by atoms with E-state index in [9.17, 15) is 25.1 Å². The standard InChI is InChI=1S/C34H38N4O6/c1-4-37(29-15-13-28(14-16-29)36(3)35-27-9-11-30(12-10-27)38(42)43)23-24-44-33(41)21-22-34(2,25-5-17-31(39)18-6-25)26-7-19-32(40)20-8-26/h5-20,35,39-40H,4,21-24H2,1-3H3. The molecule has 44 heavy (non-hydrogen) atoms. The number of hydrogen-bond acceptors (Lipinski definition) is 9. The first-order chi connectivity index (χ1) is 21.1. The second-order valence-corrected chi connectivity index (χ2v) is 10.7. The van der Waals surface area contributed by atoms with Gasteiger partial charge in [-0.15, -0.1) is 0 Å². The van der Waals surface area contributed by atoms with E-state index in [2.05, 4.69) is 10.3 Å². The van der Waals surface area contributed by atoms with Crippen molar-refractivity contribution in [1.29, 1.82) is 0 Å².